The summed E-state index contributed by atoms with van der Waals surface area (Å²) >= 11 is 0. The average Bonchev–Trinajstić information content (AvgIpc) is 2.26. The van der Waals surface area contributed by atoms with Crippen molar-refractivity contribution in [3.05, 3.63) is 23.2 Å². The summed E-state index contributed by atoms with van der Waals surface area (Å²) in [6.07, 6.45) is 0. The smallest absolute Gasteiger partial charge is 0.255 e. The van der Waals surface area contributed by atoms with Crippen molar-refractivity contribution in [3.8, 4) is 0 Å². The van der Waals surface area contributed by atoms with Crippen LogP contribution in [0.4, 0.5) is 0 Å². The normalized spacial score (nSPS) is 11.5. The van der Waals surface area contributed by atoms with E-state index in [1.165, 1.54) is 0 Å². The molecule has 0 fully saturated rings. The minimum Gasteiger partial charge on any atom is -0.466 e. The molecule has 0 saturated carbocycles. The van der Waals surface area contributed by atoms with Gasteiger partial charge in [0.15, 0.2) is 0 Å². The zero-order chi connectivity index (χ0) is 10.9. The minimum absolute atomic E-state index is 0.0770. The van der Waals surface area contributed by atoms with E-state index < -0.39 is 0 Å². The quantitative estimate of drug-likeness (QED) is 0.747. The molecule has 0 aromatic carbocycles. The Balaban J connectivity index is 2.85. The van der Waals surface area contributed by atoms with E-state index in [0.717, 1.165) is 5.76 Å². The van der Waals surface area contributed by atoms with Gasteiger partial charge in [-0.05, 0) is 40.7 Å². The molecule has 0 radical (unpaired) electrons. The molecule has 0 bridgehead atoms. The van der Waals surface area contributed by atoms with Gasteiger partial charge in [-0.25, -0.2) is 0 Å². The Labute approximate surface area is 84.5 Å². The van der Waals surface area contributed by atoms with Crippen molar-refractivity contribution < 1.29 is 9.21 Å². The molecule has 14 heavy (non-hydrogen) atoms. The highest BCUT2D eigenvalue weighted by Gasteiger charge is 2.18. The van der Waals surface area contributed by atoms with Crippen LogP contribution in [0.3, 0.4) is 0 Å². The van der Waals surface area contributed by atoms with Crippen molar-refractivity contribution in [2.45, 2.75) is 40.2 Å². The maximum atomic E-state index is 11.7. The Morgan fingerprint density at radius 2 is 1.93 bits per heavy atom. The first-order valence-corrected chi connectivity index (χ1v) is 4.69. The molecule has 3 nitrogen and oxygen atoms in total. The molecule has 1 heterocycles. The fourth-order valence-corrected chi connectivity index (χ4v) is 1.26. The predicted molar refractivity (Wildman–Crippen MR) is 55.4 cm³/mol. The lowest BCUT2D eigenvalue weighted by Gasteiger charge is -2.20. The Morgan fingerprint density at radius 3 is 2.29 bits per heavy atom. The number of amides is 1. The van der Waals surface area contributed by atoms with Gasteiger partial charge in [-0.1, -0.05) is 0 Å². The van der Waals surface area contributed by atoms with Gasteiger partial charge >= 0.3 is 0 Å². The zero-order valence-corrected chi connectivity index (χ0v) is 9.39. The van der Waals surface area contributed by atoms with E-state index in [0.29, 0.717) is 11.3 Å². The van der Waals surface area contributed by atoms with Crippen molar-refractivity contribution in [1.29, 1.82) is 0 Å². The SMILES string of the molecule is Cc1cc(C(=O)NC(C)(C)C)c(C)o1. The lowest BCUT2D eigenvalue weighted by molar-refractivity contribution is 0.0918. The van der Waals surface area contributed by atoms with Crippen LogP contribution < -0.4 is 5.32 Å². The Hall–Kier alpha value is -1.25. The lowest BCUT2D eigenvalue weighted by Crippen LogP contribution is -2.40. The molecule has 0 unspecified atom stereocenters. The summed E-state index contributed by atoms with van der Waals surface area (Å²) in [5.41, 5.74) is 0.409. The van der Waals surface area contributed by atoms with Crippen molar-refractivity contribution in [1.82, 2.24) is 5.32 Å². The monoisotopic (exact) mass is 195 g/mol. The molecule has 0 aliphatic carbocycles. The van der Waals surface area contributed by atoms with Crippen LogP contribution in [0, 0.1) is 13.8 Å². The number of furan rings is 1. The van der Waals surface area contributed by atoms with Crippen LogP contribution in [0.15, 0.2) is 10.5 Å². The third-order valence-electron chi connectivity index (χ3n) is 1.77. The van der Waals surface area contributed by atoms with Gasteiger partial charge in [0.1, 0.15) is 11.5 Å². The first kappa shape index (κ1) is 10.8. The third-order valence-corrected chi connectivity index (χ3v) is 1.77. The molecule has 1 aromatic heterocycles. The van der Waals surface area contributed by atoms with E-state index in [1.54, 1.807) is 13.0 Å². The van der Waals surface area contributed by atoms with Crippen LogP contribution in [0.25, 0.3) is 0 Å². The first-order chi connectivity index (χ1) is 6.29. The second-order valence-electron chi connectivity index (χ2n) is 4.53. The summed E-state index contributed by atoms with van der Waals surface area (Å²) in [4.78, 5) is 11.7. The van der Waals surface area contributed by atoms with E-state index in [1.807, 2.05) is 27.7 Å². The highest BCUT2D eigenvalue weighted by atomic mass is 16.3. The number of rotatable bonds is 1. The fraction of sp³-hybridized carbons (Fsp3) is 0.545. The van der Waals surface area contributed by atoms with Crippen molar-refractivity contribution in [2.24, 2.45) is 0 Å². The summed E-state index contributed by atoms with van der Waals surface area (Å²) in [5.74, 6) is 1.36. The third kappa shape index (κ3) is 2.62. The molecular formula is C11H17NO2. The van der Waals surface area contributed by atoms with E-state index in [4.69, 9.17) is 4.42 Å². The first-order valence-electron chi connectivity index (χ1n) is 4.69. The number of hydrogen-bond donors (Lipinski definition) is 1. The van der Waals surface area contributed by atoms with Gasteiger partial charge < -0.3 is 9.73 Å². The van der Waals surface area contributed by atoms with Gasteiger partial charge in [-0.2, -0.15) is 0 Å². The molecule has 0 saturated heterocycles. The van der Waals surface area contributed by atoms with Crippen molar-refractivity contribution in [2.75, 3.05) is 0 Å². The highest BCUT2D eigenvalue weighted by Crippen LogP contribution is 2.14. The largest absolute Gasteiger partial charge is 0.466 e. The molecule has 0 spiro atoms. The highest BCUT2D eigenvalue weighted by molar-refractivity contribution is 5.95. The zero-order valence-electron chi connectivity index (χ0n) is 9.39. The molecule has 1 N–H and O–H groups in total. The van der Waals surface area contributed by atoms with Crippen molar-refractivity contribution >= 4 is 5.91 Å². The molecule has 1 rings (SSSR count). The number of carbonyl (C=O) groups is 1. The Kier molecular flexibility index (Phi) is 2.69. The summed E-state index contributed by atoms with van der Waals surface area (Å²) in [6, 6.07) is 1.76. The van der Waals surface area contributed by atoms with Gasteiger partial charge in [0, 0.05) is 5.54 Å². The molecule has 0 atom stereocenters. The number of nitrogens with one attached hydrogen (secondary N) is 1. The molecular weight excluding hydrogens is 178 g/mol. The predicted octanol–water partition coefficient (Wildman–Crippen LogP) is 2.42. The summed E-state index contributed by atoms with van der Waals surface area (Å²) in [6.45, 7) is 9.49. The molecule has 0 aliphatic heterocycles. The van der Waals surface area contributed by atoms with Crippen LogP contribution in [0.2, 0.25) is 0 Å². The maximum Gasteiger partial charge on any atom is 0.255 e. The fourth-order valence-electron chi connectivity index (χ4n) is 1.26. The molecule has 0 aliphatic rings. The van der Waals surface area contributed by atoms with Gasteiger partial charge in [0.2, 0.25) is 0 Å². The van der Waals surface area contributed by atoms with E-state index in [-0.39, 0.29) is 11.4 Å². The second-order valence-corrected chi connectivity index (χ2v) is 4.53. The number of aryl methyl sites for hydroxylation is 2. The number of hydrogen-bond acceptors (Lipinski definition) is 2. The van der Waals surface area contributed by atoms with E-state index >= 15 is 0 Å². The maximum absolute atomic E-state index is 11.7. The Bertz CT molecular complexity index is 345. The van der Waals surface area contributed by atoms with Crippen molar-refractivity contribution in [3.63, 3.8) is 0 Å². The minimum atomic E-state index is -0.214. The van der Waals surface area contributed by atoms with Gasteiger partial charge in [0.05, 0.1) is 5.56 Å². The summed E-state index contributed by atoms with van der Waals surface area (Å²) in [7, 11) is 0. The summed E-state index contributed by atoms with van der Waals surface area (Å²) < 4.78 is 5.29. The van der Waals surface area contributed by atoms with Crippen LogP contribution in [0.1, 0.15) is 42.6 Å². The van der Waals surface area contributed by atoms with Crippen LogP contribution >= 0.6 is 0 Å². The van der Waals surface area contributed by atoms with Crippen LogP contribution in [-0.4, -0.2) is 11.4 Å². The van der Waals surface area contributed by atoms with Gasteiger partial charge in [0.25, 0.3) is 5.91 Å². The molecule has 3 heteroatoms. The number of carbonyl (C=O) groups excluding carboxylic acids is 1. The van der Waals surface area contributed by atoms with E-state index in [9.17, 15) is 4.79 Å². The topological polar surface area (TPSA) is 42.2 Å². The van der Waals surface area contributed by atoms with Gasteiger partial charge in [-0.15, -0.1) is 0 Å². The molecule has 1 amide bonds. The molecule has 78 valence electrons. The molecule has 1 aromatic rings. The second kappa shape index (κ2) is 3.48. The lowest BCUT2D eigenvalue weighted by atomic mass is 10.1. The average molecular weight is 195 g/mol. The van der Waals surface area contributed by atoms with E-state index in [2.05, 4.69) is 5.32 Å². The summed E-state index contributed by atoms with van der Waals surface area (Å²) in [5, 5.41) is 2.89. The standard InChI is InChI=1S/C11H17NO2/c1-7-6-9(8(2)14-7)10(13)12-11(3,4)5/h6H,1-5H3,(H,12,13). The van der Waals surface area contributed by atoms with Crippen LogP contribution in [-0.2, 0) is 0 Å². The van der Waals surface area contributed by atoms with Crippen LogP contribution in [0.5, 0.6) is 0 Å². The van der Waals surface area contributed by atoms with Gasteiger partial charge in [-0.3, -0.25) is 4.79 Å². The Morgan fingerprint density at radius 1 is 1.36 bits per heavy atom.